The molecule has 0 aliphatic carbocycles. The summed E-state index contributed by atoms with van der Waals surface area (Å²) in [6.07, 6.45) is 3.14. The van der Waals surface area contributed by atoms with E-state index in [0.717, 1.165) is 28.6 Å². The van der Waals surface area contributed by atoms with Gasteiger partial charge in [-0.05, 0) is 54.5 Å². The van der Waals surface area contributed by atoms with Gasteiger partial charge in [0.15, 0.2) is 11.5 Å². The smallest absolute Gasteiger partial charge is 0.269 e. The molecule has 3 heterocycles. The highest BCUT2D eigenvalue weighted by atomic mass is 32.2. The van der Waals surface area contributed by atoms with Crippen molar-refractivity contribution in [2.24, 2.45) is 0 Å². The third-order valence-corrected chi connectivity index (χ3v) is 7.35. The van der Waals surface area contributed by atoms with Crippen LogP contribution in [0.2, 0.25) is 0 Å². The topological polar surface area (TPSA) is 82.4 Å². The molecule has 1 amide bonds. The van der Waals surface area contributed by atoms with E-state index in [1.165, 1.54) is 22.5 Å². The number of para-hydroxylation sites is 2. The molecule has 2 aromatic carbocycles. The fourth-order valence-electron chi connectivity index (χ4n) is 3.98. The second-order valence-electron chi connectivity index (χ2n) is 8.39. The highest BCUT2D eigenvalue weighted by Gasteiger charge is 2.33. The molecule has 1 aliphatic rings. The number of hydrogen-bond acceptors (Lipinski definition) is 8. The first-order chi connectivity index (χ1) is 18.4. The van der Waals surface area contributed by atoms with Gasteiger partial charge in [-0.25, -0.2) is 0 Å². The summed E-state index contributed by atoms with van der Waals surface area (Å²) in [5.41, 5.74) is 1.90. The van der Waals surface area contributed by atoms with Gasteiger partial charge in [-0.3, -0.25) is 18.9 Å². The van der Waals surface area contributed by atoms with Crippen molar-refractivity contribution < 1.29 is 19.0 Å². The predicted molar refractivity (Wildman–Crippen MR) is 151 cm³/mol. The molecule has 0 spiro atoms. The summed E-state index contributed by atoms with van der Waals surface area (Å²) < 4.78 is 18.6. The fourth-order valence-corrected chi connectivity index (χ4v) is 5.22. The number of nitrogens with zero attached hydrogens (tertiary/aromatic N) is 3. The number of aromatic nitrogens is 2. The minimum Gasteiger partial charge on any atom is -0.497 e. The Morgan fingerprint density at radius 1 is 0.974 bits per heavy atom. The van der Waals surface area contributed by atoms with Gasteiger partial charge in [0.25, 0.3) is 11.5 Å². The molecule has 5 rings (SSSR count). The largest absolute Gasteiger partial charge is 0.497 e. The maximum absolute atomic E-state index is 13.6. The summed E-state index contributed by atoms with van der Waals surface area (Å²) in [7, 11) is 3.13. The van der Waals surface area contributed by atoms with Crippen LogP contribution in [0.25, 0.3) is 11.7 Å². The Hall–Kier alpha value is -4.15. The molecule has 0 N–H and O–H groups in total. The second-order valence-corrected chi connectivity index (χ2v) is 10.1. The zero-order valence-corrected chi connectivity index (χ0v) is 22.5. The van der Waals surface area contributed by atoms with Gasteiger partial charge in [-0.1, -0.05) is 54.3 Å². The molecular weight excluding hydrogens is 522 g/mol. The number of amides is 1. The fraction of sp³-hybridized carbons (Fsp3) is 0.143. The molecule has 1 fully saturated rings. The van der Waals surface area contributed by atoms with Crippen LogP contribution in [0, 0.1) is 6.92 Å². The van der Waals surface area contributed by atoms with Crippen LogP contribution in [0.15, 0.2) is 76.6 Å². The third-order valence-electron chi connectivity index (χ3n) is 5.97. The van der Waals surface area contributed by atoms with Crippen LogP contribution >= 0.6 is 24.0 Å². The highest BCUT2D eigenvalue weighted by Crippen LogP contribution is 2.36. The number of hydrogen-bond donors (Lipinski definition) is 0. The number of thioether (sulfide) groups is 1. The average Bonchev–Trinajstić information content (AvgIpc) is 3.19. The monoisotopic (exact) mass is 545 g/mol. The van der Waals surface area contributed by atoms with Gasteiger partial charge in [0.2, 0.25) is 5.88 Å². The number of thiocarbonyl (C=S) groups is 1. The number of ether oxygens (including phenoxy) is 3. The molecular formula is C28H23N3O5S2. The number of methoxy groups -OCH3 is 2. The normalized spacial score (nSPS) is 14.4. The molecule has 0 unspecified atom stereocenters. The number of pyridine rings is 1. The number of carbonyl (C=O) groups is 1. The molecule has 192 valence electrons. The van der Waals surface area contributed by atoms with Gasteiger partial charge in [0.1, 0.15) is 21.3 Å². The summed E-state index contributed by atoms with van der Waals surface area (Å²) in [6.45, 7) is 2.16. The molecule has 0 bridgehead atoms. The lowest BCUT2D eigenvalue weighted by atomic mass is 10.2. The minimum atomic E-state index is -0.371. The molecule has 4 aromatic rings. The van der Waals surface area contributed by atoms with Crippen LogP contribution in [0.3, 0.4) is 0 Å². The number of fused-ring (bicyclic) bond motifs is 1. The molecule has 1 saturated heterocycles. The van der Waals surface area contributed by atoms with E-state index in [4.69, 9.17) is 26.4 Å². The Balaban J connectivity index is 1.56. The van der Waals surface area contributed by atoms with Gasteiger partial charge >= 0.3 is 0 Å². The zero-order chi connectivity index (χ0) is 26.8. The maximum Gasteiger partial charge on any atom is 0.269 e. The predicted octanol–water partition coefficient (Wildman–Crippen LogP) is 5.21. The lowest BCUT2D eigenvalue weighted by molar-refractivity contribution is -0.122. The molecule has 0 saturated carbocycles. The number of carbonyl (C=O) groups excluding carboxylic acids is 1. The van der Waals surface area contributed by atoms with E-state index in [0.29, 0.717) is 32.9 Å². The number of benzene rings is 2. The highest BCUT2D eigenvalue weighted by molar-refractivity contribution is 8.26. The Bertz CT molecular complexity index is 1650. The van der Waals surface area contributed by atoms with Crippen LogP contribution in [-0.4, -0.2) is 38.7 Å². The van der Waals surface area contributed by atoms with Gasteiger partial charge in [-0.2, -0.15) is 4.98 Å². The van der Waals surface area contributed by atoms with Crippen LogP contribution in [-0.2, 0) is 11.3 Å². The van der Waals surface area contributed by atoms with Crippen LogP contribution < -0.4 is 19.8 Å². The van der Waals surface area contributed by atoms with E-state index in [9.17, 15) is 9.59 Å². The lowest BCUT2D eigenvalue weighted by Crippen LogP contribution is -2.27. The number of aryl methyl sites for hydroxylation is 1. The first kappa shape index (κ1) is 25.5. The first-order valence-corrected chi connectivity index (χ1v) is 12.8. The van der Waals surface area contributed by atoms with E-state index in [1.54, 1.807) is 37.6 Å². The average molecular weight is 546 g/mol. The van der Waals surface area contributed by atoms with E-state index in [1.807, 2.05) is 43.3 Å². The molecule has 10 heteroatoms. The van der Waals surface area contributed by atoms with Gasteiger partial charge in [0.05, 0.1) is 25.7 Å². The molecule has 38 heavy (non-hydrogen) atoms. The molecule has 0 atom stereocenters. The SMILES string of the molecule is COc1ccc(CN2C(=O)/C(=C\c3c(Oc4ccccc4OC)nc4c(C)cccn4c3=O)SC2=S)cc1. The van der Waals surface area contributed by atoms with Gasteiger partial charge in [-0.15, -0.1) is 0 Å². The first-order valence-electron chi connectivity index (χ1n) is 11.6. The second kappa shape index (κ2) is 10.7. The zero-order valence-electron chi connectivity index (χ0n) is 20.8. The van der Waals surface area contributed by atoms with E-state index < -0.39 is 0 Å². The minimum absolute atomic E-state index is 0.0641. The van der Waals surface area contributed by atoms with Crippen molar-refractivity contribution >= 4 is 45.9 Å². The van der Waals surface area contributed by atoms with Crippen LogP contribution in [0.5, 0.6) is 23.1 Å². The van der Waals surface area contributed by atoms with Crippen molar-refractivity contribution in [1.82, 2.24) is 14.3 Å². The summed E-state index contributed by atoms with van der Waals surface area (Å²) in [6, 6.07) is 18.1. The Morgan fingerprint density at radius 3 is 2.42 bits per heavy atom. The quantitative estimate of drug-likeness (QED) is 0.231. The van der Waals surface area contributed by atoms with Crippen molar-refractivity contribution in [2.75, 3.05) is 14.2 Å². The molecule has 8 nitrogen and oxygen atoms in total. The van der Waals surface area contributed by atoms with Gasteiger partial charge < -0.3 is 14.2 Å². The van der Waals surface area contributed by atoms with Gasteiger partial charge in [0, 0.05) is 6.20 Å². The van der Waals surface area contributed by atoms with E-state index in [-0.39, 0.29) is 22.9 Å². The summed E-state index contributed by atoms with van der Waals surface area (Å²) in [4.78, 5) is 33.5. The molecule has 1 aliphatic heterocycles. The van der Waals surface area contributed by atoms with Crippen molar-refractivity contribution in [3.63, 3.8) is 0 Å². The van der Waals surface area contributed by atoms with E-state index >= 15 is 0 Å². The Kier molecular flexibility index (Phi) is 7.17. The van der Waals surface area contributed by atoms with Crippen LogP contribution in [0.1, 0.15) is 16.7 Å². The number of rotatable bonds is 7. The summed E-state index contributed by atoms with van der Waals surface area (Å²) in [5.74, 6) is 1.36. The maximum atomic E-state index is 13.6. The standard InChI is InChI=1S/C28H23N3O5S2/c1-17-7-6-14-30-24(17)29-25(36-22-9-5-4-8-21(22)35-3)20(26(30)32)15-23-27(33)31(28(37)38-23)16-18-10-12-19(34-2)13-11-18/h4-15H,16H2,1-3H3/b23-15+. The van der Waals surface area contributed by atoms with Crippen molar-refractivity contribution in [3.05, 3.63) is 98.8 Å². The summed E-state index contributed by atoms with van der Waals surface area (Å²) >= 11 is 6.64. The van der Waals surface area contributed by atoms with Crippen LogP contribution in [0.4, 0.5) is 0 Å². The Labute approximate surface area is 228 Å². The van der Waals surface area contributed by atoms with Crippen molar-refractivity contribution in [2.45, 2.75) is 13.5 Å². The molecule has 0 radical (unpaired) electrons. The Morgan fingerprint density at radius 2 is 1.71 bits per heavy atom. The third kappa shape index (κ3) is 4.88. The summed E-state index contributed by atoms with van der Waals surface area (Å²) in [5, 5.41) is 0. The van der Waals surface area contributed by atoms with E-state index in [2.05, 4.69) is 4.98 Å². The molecule has 2 aromatic heterocycles. The van der Waals surface area contributed by atoms with Crippen molar-refractivity contribution in [3.8, 4) is 23.1 Å². The van der Waals surface area contributed by atoms with Crippen molar-refractivity contribution in [1.29, 1.82) is 0 Å². The lowest BCUT2D eigenvalue weighted by Gasteiger charge is -2.15.